The third kappa shape index (κ3) is 2.47. The van der Waals surface area contributed by atoms with Crippen molar-refractivity contribution in [3.8, 4) is 0 Å². The Morgan fingerprint density at radius 2 is 2.38 bits per heavy atom. The second-order valence-corrected chi connectivity index (χ2v) is 4.75. The Hall–Kier alpha value is -0.500. The number of aliphatic hydroxyl groups is 1. The summed E-state index contributed by atoms with van der Waals surface area (Å²) in [5.41, 5.74) is 5.20. The lowest BCUT2D eigenvalue weighted by Gasteiger charge is -2.11. The van der Waals surface area contributed by atoms with Gasteiger partial charge >= 0.3 is 5.97 Å². The van der Waals surface area contributed by atoms with Gasteiger partial charge in [-0.1, -0.05) is 0 Å². The monoisotopic (exact) mass is 266 g/mol. The number of hydrogen-bond donors (Lipinski definition) is 3. The molecule has 1 aromatic heterocycles. The summed E-state index contributed by atoms with van der Waals surface area (Å²) in [6, 6.07) is -1.34. The fourth-order valence-electron chi connectivity index (χ4n) is 0.692. The molecule has 0 saturated carbocycles. The topological polar surface area (TPSA) is 96.4 Å². The normalized spacial score (nSPS) is 15.3. The van der Waals surface area contributed by atoms with E-state index in [9.17, 15) is 9.90 Å². The number of aliphatic carboxylic acids is 1. The van der Waals surface area contributed by atoms with Crippen molar-refractivity contribution in [1.82, 2.24) is 4.98 Å². The van der Waals surface area contributed by atoms with Crippen molar-refractivity contribution in [3.63, 3.8) is 0 Å². The Bertz CT molecular complexity index is 317. The molecule has 1 heterocycles. The Labute approximate surface area is 86.3 Å². The molecule has 1 rings (SSSR count). The quantitative estimate of drug-likeness (QED) is 0.734. The van der Waals surface area contributed by atoms with Gasteiger partial charge in [0.2, 0.25) is 0 Å². The lowest BCUT2D eigenvalue weighted by atomic mass is 10.2. The number of nitrogens with two attached hydrogens (primary N) is 1. The minimum Gasteiger partial charge on any atom is -0.480 e. The maximum atomic E-state index is 10.4. The molecule has 5 nitrogen and oxygen atoms in total. The van der Waals surface area contributed by atoms with Crippen LogP contribution in [0.4, 0.5) is 0 Å². The summed E-state index contributed by atoms with van der Waals surface area (Å²) >= 11 is 4.30. The predicted octanol–water partition coefficient (Wildman–Crippen LogP) is 0.351. The van der Waals surface area contributed by atoms with Crippen molar-refractivity contribution in [3.05, 3.63) is 15.0 Å². The van der Waals surface area contributed by atoms with E-state index < -0.39 is 18.1 Å². The van der Waals surface area contributed by atoms with Crippen molar-refractivity contribution in [2.45, 2.75) is 12.1 Å². The number of aromatic nitrogens is 1. The van der Waals surface area contributed by atoms with Gasteiger partial charge < -0.3 is 15.9 Å². The summed E-state index contributed by atoms with van der Waals surface area (Å²) in [5, 5.41) is 18.2. The molecule has 0 bridgehead atoms. The van der Waals surface area contributed by atoms with Gasteiger partial charge in [0.25, 0.3) is 0 Å². The van der Waals surface area contributed by atoms with E-state index in [-0.39, 0.29) is 0 Å². The van der Waals surface area contributed by atoms with Gasteiger partial charge in [0.1, 0.15) is 17.2 Å². The lowest BCUT2D eigenvalue weighted by molar-refractivity contribution is -0.141. The molecule has 0 amide bonds. The van der Waals surface area contributed by atoms with Crippen LogP contribution >= 0.6 is 27.3 Å². The van der Waals surface area contributed by atoms with Crippen LogP contribution in [0.15, 0.2) is 9.98 Å². The zero-order valence-corrected chi connectivity index (χ0v) is 8.75. The predicted molar refractivity (Wildman–Crippen MR) is 50.4 cm³/mol. The van der Waals surface area contributed by atoms with Crippen LogP contribution in [0.3, 0.4) is 0 Å². The molecule has 2 unspecified atom stereocenters. The summed E-state index contributed by atoms with van der Waals surface area (Å²) in [4.78, 5) is 14.2. The average Bonchev–Trinajstić information content (AvgIpc) is 2.49. The van der Waals surface area contributed by atoms with Crippen LogP contribution < -0.4 is 5.73 Å². The molecule has 0 aliphatic heterocycles. The third-order valence-corrected chi connectivity index (χ3v) is 2.92. The number of halogens is 1. The first-order valence-electron chi connectivity index (χ1n) is 3.30. The number of hydrogen-bond acceptors (Lipinski definition) is 5. The largest absolute Gasteiger partial charge is 0.480 e. The van der Waals surface area contributed by atoms with E-state index in [4.69, 9.17) is 10.8 Å². The van der Waals surface area contributed by atoms with E-state index >= 15 is 0 Å². The SMILES string of the molecule is NC(C(=O)O)C(O)c1ncc(Br)s1. The van der Waals surface area contributed by atoms with E-state index in [1.165, 1.54) is 6.20 Å². The molecule has 72 valence electrons. The van der Waals surface area contributed by atoms with Crippen LogP contribution in [0.25, 0.3) is 0 Å². The molecule has 0 spiro atoms. The van der Waals surface area contributed by atoms with Crippen molar-refractivity contribution in [2.75, 3.05) is 0 Å². The van der Waals surface area contributed by atoms with Crippen LogP contribution in [-0.2, 0) is 4.79 Å². The van der Waals surface area contributed by atoms with Gasteiger partial charge in [0.15, 0.2) is 0 Å². The smallest absolute Gasteiger partial charge is 0.323 e. The molecular weight excluding hydrogens is 260 g/mol. The molecule has 13 heavy (non-hydrogen) atoms. The van der Waals surface area contributed by atoms with Crippen molar-refractivity contribution >= 4 is 33.2 Å². The van der Waals surface area contributed by atoms with Crippen LogP contribution in [0, 0.1) is 0 Å². The summed E-state index contributed by atoms with van der Waals surface area (Å²) in [6.07, 6.45) is 0.228. The highest BCUT2D eigenvalue weighted by Crippen LogP contribution is 2.25. The molecule has 0 aliphatic carbocycles. The molecule has 0 fully saturated rings. The van der Waals surface area contributed by atoms with E-state index in [1.807, 2.05) is 0 Å². The van der Waals surface area contributed by atoms with Gasteiger partial charge in [-0.25, -0.2) is 4.98 Å². The maximum Gasteiger partial charge on any atom is 0.323 e. The van der Waals surface area contributed by atoms with E-state index in [2.05, 4.69) is 20.9 Å². The summed E-state index contributed by atoms with van der Waals surface area (Å²) in [7, 11) is 0. The lowest BCUT2D eigenvalue weighted by Crippen LogP contribution is -2.36. The number of carbonyl (C=O) groups is 1. The first-order valence-corrected chi connectivity index (χ1v) is 4.91. The van der Waals surface area contributed by atoms with Crippen LogP contribution in [0.5, 0.6) is 0 Å². The standard InChI is InChI=1S/C6H7BrN2O3S/c7-2-1-9-5(13-2)4(10)3(8)6(11)12/h1,3-4,10H,8H2,(H,11,12). The van der Waals surface area contributed by atoms with Crippen molar-refractivity contribution in [1.29, 1.82) is 0 Å². The molecule has 4 N–H and O–H groups in total. The molecule has 1 aromatic rings. The first kappa shape index (κ1) is 10.6. The number of aliphatic hydroxyl groups excluding tert-OH is 1. The molecule has 0 aliphatic rings. The fourth-order valence-corrected chi connectivity index (χ4v) is 1.97. The Kier molecular flexibility index (Phi) is 3.37. The average molecular weight is 267 g/mol. The molecule has 0 aromatic carbocycles. The van der Waals surface area contributed by atoms with Crippen molar-refractivity contribution < 1.29 is 15.0 Å². The number of carboxylic acid groups (broad SMARTS) is 1. The number of thiazole rings is 1. The van der Waals surface area contributed by atoms with Gasteiger partial charge in [-0.2, -0.15) is 0 Å². The Morgan fingerprint density at radius 1 is 1.77 bits per heavy atom. The van der Waals surface area contributed by atoms with Crippen LogP contribution in [0.2, 0.25) is 0 Å². The summed E-state index contributed by atoms with van der Waals surface area (Å²) in [6.45, 7) is 0. The molecule has 7 heteroatoms. The second-order valence-electron chi connectivity index (χ2n) is 2.31. The highest BCUT2D eigenvalue weighted by molar-refractivity contribution is 9.11. The summed E-state index contributed by atoms with van der Waals surface area (Å²) in [5.74, 6) is -1.25. The second kappa shape index (κ2) is 4.14. The van der Waals surface area contributed by atoms with Gasteiger partial charge in [0.05, 0.1) is 9.98 Å². The molecule has 0 radical (unpaired) electrons. The van der Waals surface area contributed by atoms with E-state index in [0.29, 0.717) is 5.01 Å². The number of rotatable bonds is 3. The zero-order valence-electron chi connectivity index (χ0n) is 6.35. The molecular formula is C6H7BrN2O3S. The van der Waals surface area contributed by atoms with Gasteiger partial charge in [0, 0.05) is 0 Å². The minimum absolute atomic E-state index is 0.293. The van der Waals surface area contributed by atoms with Crippen LogP contribution in [0.1, 0.15) is 11.1 Å². The van der Waals surface area contributed by atoms with Crippen molar-refractivity contribution in [2.24, 2.45) is 5.73 Å². The zero-order chi connectivity index (χ0) is 10.0. The highest BCUT2D eigenvalue weighted by atomic mass is 79.9. The van der Waals surface area contributed by atoms with Crippen LogP contribution in [-0.4, -0.2) is 27.2 Å². The van der Waals surface area contributed by atoms with Gasteiger partial charge in [-0.05, 0) is 15.9 Å². The highest BCUT2D eigenvalue weighted by Gasteiger charge is 2.25. The molecule has 2 atom stereocenters. The molecule has 0 saturated heterocycles. The van der Waals surface area contributed by atoms with E-state index in [0.717, 1.165) is 15.1 Å². The van der Waals surface area contributed by atoms with Gasteiger partial charge in [-0.3, -0.25) is 4.79 Å². The maximum absolute atomic E-state index is 10.4. The number of nitrogens with zero attached hydrogens (tertiary/aromatic N) is 1. The fraction of sp³-hybridized carbons (Fsp3) is 0.333. The number of carboxylic acids is 1. The third-order valence-electron chi connectivity index (χ3n) is 1.37. The Morgan fingerprint density at radius 3 is 2.77 bits per heavy atom. The first-order chi connectivity index (χ1) is 6.02. The van der Waals surface area contributed by atoms with E-state index in [1.54, 1.807) is 0 Å². The Balaban J connectivity index is 2.78. The van der Waals surface area contributed by atoms with Gasteiger partial charge in [-0.15, -0.1) is 11.3 Å². The summed E-state index contributed by atoms with van der Waals surface area (Å²) < 4.78 is 0.721. The minimum atomic E-state index is -1.34.